The van der Waals surface area contributed by atoms with E-state index < -0.39 is 0 Å². The minimum atomic E-state index is 0.242. The Kier molecular flexibility index (Phi) is 4.85. The van der Waals surface area contributed by atoms with Crippen LogP contribution in [0, 0.1) is 5.41 Å². The van der Waals surface area contributed by atoms with Crippen molar-refractivity contribution in [3.63, 3.8) is 0 Å². The molecular formula is C17H26N4O2S. The van der Waals surface area contributed by atoms with E-state index in [1.54, 1.807) is 11.3 Å². The Hall–Kier alpha value is -1.02. The lowest BCUT2D eigenvalue weighted by molar-refractivity contribution is -0.136. The van der Waals surface area contributed by atoms with Crippen LogP contribution in [0.3, 0.4) is 0 Å². The number of thiazole rings is 1. The van der Waals surface area contributed by atoms with E-state index in [0.29, 0.717) is 31.2 Å². The van der Waals surface area contributed by atoms with Crippen molar-refractivity contribution in [2.24, 2.45) is 5.41 Å². The van der Waals surface area contributed by atoms with E-state index in [1.807, 2.05) is 16.5 Å². The van der Waals surface area contributed by atoms with Gasteiger partial charge in [-0.25, -0.2) is 4.98 Å². The molecule has 1 saturated carbocycles. The van der Waals surface area contributed by atoms with Gasteiger partial charge in [0, 0.05) is 30.7 Å². The number of nitrogens with one attached hydrogen (secondary N) is 1. The number of amides is 1. The Morgan fingerprint density at radius 2 is 2.21 bits per heavy atom. The molecule has 1 aromatic rings. The molecule has 3 fully saturated rings. The van der Waals surface area contributed by atoms with Gasteiger partial charge >= 0.3 is 0 Å². The first-order chi connectivity index (χ1) is 11.8. The molecule has 2 saturated heterocycles. The molecule has 1 atom stereocenters. The molecule has 2 aliphatic heterocycles. The zero-order chi connectivity index (χ0) is 16.4. The second-order valence-electron chi connectivity index (χ2n) is 7.16. The molecule has 132 valence electrons. The fraction of sp³-hybridized carbons (Fsp3) is 0.765. The Balaban J connectivity index is 1.43. The van der Waals surface area contributed by atoms with Gasteiger partial charge in [-0.05, 0) is 37.8 Å². The number of ether oxygens (including phenoxy) is 1. The van der Waals surface area contributed by atoms with Crippen LogP contribution in [0.2, 0.25) is 0 Å². The van der Waals surface area contributed by atoms with Gasteiger partial charge in [-0.1, -0.05) is 0 Å². The van der Waals surface area contributed by atoms with Crippen LogP contribution >= 0.6 is 11.3 Å². The van der Waals surface area contributed by atoms with Gasteiger partial charge in [0.25, 0.3) is 0 Å². The van der Waals surface area contributed by atoms with Gasteiger partial charge in [-0.2, -0.15) is 0 Å². The summed E-state index contributed by atoms with van der Waals surface area (Å²) in [6.07, 6.45) is 5.56. The zero-order valence-electron chi connectivity index (χ0n) is 14.1. The van der Waals surface area contributed by atoms with Crippen molar-refractivity contribution in [2.45, 2.75) is 31.8 Å². The Labute approximate surface area is 147 Å². The summed E-state index contributed by atoms with van der Waals surface area (Å²) in [5, 5.41) is 6.59. The molecule has 4 rings (SSSR count). The number of hydrogen-bond acceptors (Lipinski definition) is 6. The molecule has 0 aromatic carbocycles. The second-order valence-corrected chi connectivity index (χ2v) is 8.14. The van der Waals surface area contributed by atoms with Gasteiger partial charge in [0.2, 0.25) is 5.91 Å². The van der Waals surface area contributed by atoms with Gasteiger partial charge in [-0.3, -0.25) is 9.69 Å². The lowest BCUT2D eigenvalue weighted by Gasteiger charge is -2.32. The average molecular weight is 350 g/mol. The summed E-state index contributed by atoms with van der Waals surface area (Å²) < 4.78 is 5.37. The van der Waals surface area contributed by atoms with Crippen molar-refractivity contribution >= 4 is 17.2 Å². The molecule has 1 unspecified atom stereocenters. The largest absolute Gasteiger partial charge is 0.378 e. The number of carbonyl (C=O) groups is 1. The van der Waals surface area contributed by atoms with Gasteiger partial charge in [-0.15, -0.1) is 11.3 Å². The van der Waals surface area contributed by atoms with Gasteiger partial charge in [0.05, 0.1) is 26.3 Å². The summed E-state index contributed by atoms with van der Waals surface area (Å²) in [5.41, 5.74) is 0.438. The highest BCUT2D eigenvalue weighted by atomic mass is 32.1. The minimum absolute atomic E-state index is 0.242. The molecule has 1 spiro atoms. The number of carbonyl (C=O) groups excluding carboxylic acids is 1. The van der Waals surface area contributed by atoms with Crippen molar-refractivity contribution in [1.82, 2.24) is 20.1 Å². The first-order valence-electron chi connectivity index (χ1n) is 8.95. The van der Waals surface area contributed by atoms with E-state index in [-0.39, 0.29) is 5.91 Å². The maximum atomic E-state index is 12.7. The predicted molar refractivity (Wildman–Crippen MR) is 92.9 cm³/mol. The maximum absolute atomic E-state index is 12.7. The first kappa shape index (κ1) is 16.4. The number of aromatic nitrogens is 1. The smallest absolute Gasteiger partial charge is 0.236 e. The molecule has 3 aliphatic rings. The third-order valence-electron chi connectivity index (χ3n) is 5.71. The van der Waals surface area contributed by atoms with Crippen molar-refractivity contribution < 1.29 is 9.53 Å². The lowest BCUT2D eigenvalue weighted by Crippen LogP contribution is -2.47. The Morgan fingerprint density at radius 3 is 2.92 bits per heavy atom. The molecule has 0 radical (unpaired) electrons. The lowest BCUT2D eigenvalue weighted by atomic mass is 9.93. The highest BCUT2D eigenvalue weighted by Crippen LogP contribution is 2.56. The van der Waals surface area contributed by atoms with Crippen molar-refractivity contribution in [3.05, 3.63) is 16.6 Å². The second kappa shape index (κ2) is 7.07. The van der Waals surface area contributed by atoms with Crippen LogP contribution in [0.1, 0.15) is 24.3 Å². The van der Waals surface area contributed by atoms with E-state index in [9.17, 15) is 4.79 Å². The van der Waals surface area contributed by atoms with Crippen LogP contribution in [-0.2, 0) is 16.1 Å². The standard InChI is InChI=1S/C17H26N4O2S/c22-16(20-6-8-23-9-7-20)13-21(12-15-19-5-10-24-15)14-11-17(14)1-3-18-4-2-17/h5,10,14,18H,1-4,6-9,11-13H2. The summed E-state index contributed by atoms with van der Waals surface area (Å²) in [4.78, 5) is 21.5. The highest BCUT2D eigenvalue weighted by Gasteiger charge is 2.56. The number of hydrogen-bond donors (Lipinski definition) is 1. The van der Waals surface area contributed by atoms with E-state index in [0.717, 1.165) is 37.7 Å². The van der Waals surface area contributed by atoms with Crippen molar-refractivity contribution in [1.29, 1.82) is 0 Å². The van der Waals surface area contributed by atoms with Gasteiger partial charge < -0.3 is 15.0 Å². The number of rotatable bonds is 5. The number of piperidine rings is 1. The van der Waals surface area contributed by atoms with Crippen molar-refractivity contribution in [3.8, 4) is 0 Å². The van der Waals surface area contributed by atoms with E-state index in [2.05, 4.69) is 15.2 Å². The summed E-state index contributed by atoms with van der Waals surface area (Å²) >= 11 is 1.68. The molecule has 1 aliphatic carbocycles. The molecular weight excluding hydrogens is 324 g/mol. The third-order valence-corrected chi connectivity index (χ3v) is 6.48. The summed E-state index contributed by atoms with van der Waals surface area (Å²) in [6.45, 7) is 6.31. The van der Waals surface area contributed by atoms with Crippen LogP contribution in [0.5, 0.6) is 0 Å². The Bertz CT molecular complexity index is 553. The van der Waals surface area contributed by atoms with Crippen LogP contribution < -0.4 is 5.32 Å². The summed E-state index contributed by atoms with van der Waals surface area (Å²) in [6, 6.07) is 0.536. The minimum Gasteiger partial charge on any atom is -0.378 e. The molecule has 1 N–H and O–H groups in total. The molecule has 3 heterocycles. The molecule has 7 heteroatoms. The fourth-order valence-corrected chi connectivity index (χ4v) is 4.81. The predicted octanol–water partition coefficient (Wildman–Crippen LogP) is 0.946. The number of nitrogens with zero attached hydrogens (tertiary/aromatic N) is 3. The van der Waals surface area contributed by atoms with Crippen LogP contribution in [0.15, 0.2) is 11.6 Å². The maximum Gasteiger partial charge on any atom is 0.236 e. The monoisotopic (exact) mass is 350 g/mol. The number of morpholine rings is 1. The topological polar surface area (TPSA) is 57.7 Å². The Morgan fingerprint density at radius 1 is 1.42 bits per heavy atom. The average Bonchev–Trinajstić information content (AvgIpc) is 3.06. The van der Waals surface area contributed by atoms with E-state index in [1.165, 1.54) is 19.3 Å². The molecule has 0 bridgehead atoms. The fourth-order valence-electron chi connectivity index (χ4n) is 4.17. The molecule has 1 aromatic heterocycles. The molecule has 6 nitrogen and oxygen atoms in total. The van der Waals surface area contributed by atoms with Gasteiger partial charge in [0.1, 0.15) is 5.01 Å². The van der Waals surface area contributed by atoms with Crippen molar-refractivity contribution in [2.75, 3.05) is 45.9 Å². The summed E-state index contributed by atoms with van der Waals surface area (Å²) in [5.74, 6) is 0.242. The quantitative estimate of drug-likeness (QED) is 0.857. The first-order valence-corrected chi connectivity index (χ1v) is 9.83. The van der Waals surface area contributed by atoms with E-state index >= 15 is 0 Å². The zero-order valence-corrected chi connectivity index (χ0v) is 14.9. The molecule has 24 heavy (non-hydrogen) atoms. The third kappa shape index (κ3) is 3.49. The summed E-state index contributed by atoms with van der Waals surface area (Å²) in [7, 11) is 0. The highest BCUT2D eigenvalue weighted by molar-refractivity contribution is 7.09. The van der Waals surface area contributed by atoms with Crippen LogP contribution in [0.25, 0.3) is 0 Å². The van der Waals surface area contributed by atoms with Gasteiger partial charge in [0.15, 0.2) is 0 Å². The SMILES string of the molecule is O=C(CN(Cc1nccs1)C1CC12CCNCC2)N1CCOCC1. The van der Waals surface area contributed by atoms with Crippen LogP contribution in [-0.4, -0.2) is 72.7 Å². The normalized spacial score (nSPS) is 26.0. The molecule has 1 amide bonds. The van der Waals surface area contributed by atoms with Crippen LogP contribution in [0.4, 0.5) is 0 Å². The van der Waals surface area contributed by atoms with E-state index in [4.69, 9.17) is 4.74 Å².